The average Bonchev–Trinajstić information content (AvgIpc) is 3.32. The number of aromatic nitrogens is 3. The van der Waals surface area contributed by atoms with E-state index in [2.05, 4.69) is 20.6 Å². The lowest BCUT2D eigenvalue weighted by Crippen LogP contribution is -2.50. The van der Waals surface area contributed by atoms with E-state index in [1.807, 2.05) is 0 Å². The van der Waals surface area contributed by atoms with E-state index in [9.17, 15) is 40.4 Å². The minimum atomic E-state index is -6.27. The van der Waals surface area contributed by atoms with Crippen molar-refractivity contribution >= 4 is 17.3 Å². The predicted octanol–water partition coefficient (Wildman–Crippen LogP) is 6.08. The first-order valence-electron chi connectivity index (χ1n) is 9.84. The second kappa shape index (κ2) is 9.07. The molecule has 14 heteroatoms. The monoisotopic (exact) mass is 503 g/mol. The van der Waals surface area contributed by atoms with Crippen LogP contribution in [0.1, 0.15) is 34.0 Å². The fourth-order valence-corrected chi connectivity index (χ4v) is 3.45. The third-order valence-electron chi connectivity index (χ3n) is 5.22. The van der Waals surface area contributed by atoms with Gasteiger partial charge in [-0.1, -0.05) is 13.0 Å². The smallest absolute Gasteiger partial charge is 0.321 e. The molecule has 0 aliphatic heterocycles. The molecule has 3 rings (SSSR count). The first-order valence-corrected chi connectivity index (χ1v) is 9.84. The van der Waals surface area contributed by atoms with E-state index in [1.54, 1.807) is 0 Å². The Morgan fingerprint density at radius 3 is 2.23 bits per heavy atom. The number of hydrogen-bond donors (Lipinski definition) is 1. The fourth-order valence-electron chi connectivity index (χ4n) is 3.45. The fraction of sp³-hybridized carbons (Fsp3) is 0.286. The van der Waals surface area contributed by atoms with Gasteiger partial charge in [-0.15, -0.1) is 4.91 Å². The van der Waals surface area contributed by atoms with Crippen LogP contribution in [-0.2, 0) is 12.1 Å². The second-order valence-electron chi connectivity index (χ2n) is 7.42. The normalized spacial score (nSPS) is 12.5. The van der Waals surface area contributed by atoms with Gasteiger partial charge in [0.15, 0.2) is 0 Å². The molecule has 0 unspecified atom stereocenters. The number of amides is 1. The summed E-state index contributed by atoms with van der Waals surface area (Å²) in [6.07, 6.45) is -10.2. The van der Waals surface area contributed by atoms with E-state index in [1.165, 1.54) is 36.4 Å². The Bertz CT molecular complexity index is 1240. The van der Waals surface area contributed by atoms with Gasteiger partial charge in [0.2, 0.25) is 0 Å². The third-order valence-corrected chi connectivity index (χ3v) is 5.22. The van der Waals surface area contributed by atoms with Gasteiger partial charge in [0.05, 0.1) is 5.69 Å². The summed E-state index contributed by atoms with van der Waals surface area (Å²) in [5, 5.41) is 9.09. The number of benzene rings is 2. The largest absolute Gasteiger partial charge is 0.435 e. The SMILES string of the molecule is CCc1cc(C(F)(C(F)(F)F)C(F)(F)F)cc(C)c1NC(=O)c1ccc(-n2cncn2)c(N=O)c1. The summed E-state index contributed by atoms with van der Waals surface area (Å²) in [5.74, 6) is -0.830. The highest BCUT2D eigenvalue weighted by Crippen LogP contribution is 2.53. The Morgan fingerprint density at radius 2 is 1.71 bits per heavy atom. The maximum Gasteiger partial charge on any atom is 0.435 e. The van der Waals surface area contributed by atoms with Crippen LogP contribution in [0.2, 0.25) is 0 Å². The van der Waals surface area contributed by atoms with E-state index >= 15 is 0 Å². The van der Waals surface area contributed by atoms with Crippen molar-refractivity contribution in [2.45, 2.75) is 38.3 Å². The van der Waals surface area contributed by atoms with Crippen molar-refractivity contribution < 1.29 is 35.5 Å². The van der Waals surface area contributed by atoms with Crippen molar-refractivity contribution in [2.24, 2.45) is 5.18 Å². The molecule has 1 aromatic heterocycles. The van der Waals surface area contributed by atoms with Gasteiger partial charge in [-0.3, -0.25) is 4.79 Å². The maximum absolute atomic E-state index is 14.5. The molecular weight excluding hydrogens is 487 g/mol. The maximum atomic E-state index is 14.5. The zero-order valence-electron chi connectivity index (χ0n) is 18.0. The molecule has 0 bridgehead atoms. The summed E-state index contributed by atoms with van der Waals surface area (Å²) in [7, 11) is 0. The van der Waals surface area contributed by atoms with Crippen LogP contribution in [-0.4, -0.2) is 33.0 Å². The van der Waals surface area contributed by atoms with E-state index in [-0.39, 0.29) is 40.2 Å². The molecule has 0 aliphatic carbocycles. The second-order valence-corrected chi connectivity index (χ2v) is 7.42. The molecule has 0 spiro atoms. The summed E-state index contributed by atoms with van der Waals surface area (Å²) >= 11 is 0. The number of anilines is 1. The molecule has 186 valence electrons. The summed E-state index contributed by atoms with van der Waals surface area (Å²) < 4.78 is 94.9. The Morgan fingerprint density at radius 1 is 1.06 bits per heavy atom. The predicted molar refractivity (Wildman–Crippen MR) is 110 cm³/mol. The van der Waals surface area contributed by atoms with E-state index < -0.39 is 29.5 Å². The van der Waals surface area contributed by atoms with Crippen LogP contribution in [0.4, 0.5) is 42.1 Å². The zero-order chi connectivity index (χ0) is 26.2. The first-order chi connectivity index (χ1) is 16.2. The Hall–Kier alpha value is -3.84. The highest BCUT2D eigenvalue weighted by atomic mass is 19.4. The third kappa shape index (κ3) is 4.59. The zero-order valence-corrected chi connectivity index (χ0v) is 18.0. The molecule has 1 amide bonds. The van der Waals surface area contributed by atoms with Gasteiger partial charge < -0.3 is 5.32 Å². The van der Waals surface area contributed by atoms with Gasteiger partial charge in [0, 0.05) is 16.8 Å². The van der Waals surface area contributed by atoms with Crippen LogP contribution in [0, 0.1) is 11.8 Å². The number of nitrogens with zero attached hydrogens (tertiary/aromatic N) is 4. The number of nitroso groups, excluding NO2 is 1. The lowest BCUT2D eigenvalue weighted by atomic mass is 9.89. The molecular formula is C21H16F7N5O2. The number of hydrogen-bond acceptors (Lipinski definition) is 5. The van der Waals surface area contributed by atoms with Crippen molar-refractivity contribution in [3.8, 4) is 5.69 Å². The summed E-state index contributed by atoms with van der Waals surface area (Å²) in [5.41, 5.74) is -7.76. The highest BCUT2D eigenvalue weighted by Gasteiger charge is 2.73. The van der Waals surface area contributed by atoms with Crippen molar-refractivity contribution in [1.82, 2.24) is 14.8 Å². The lowest BCUT2D eigenvalue weighted by molar-refractivity contribution is -0.348. The number of aryl methyl sites for hydroxylation is 2. The van der Waals surface area contributed by atoms with Crippen molar-refractivity contribution in [3.63, 3.8) is 0 Å². The minimum absolute atomic E-state index is 0.0839. The highest BCUT2D eigenvalue weighted by molar-refractivity contribution is 6.05. The van der Waals surface area contributed by atoms with Crippen molar-refractivity contribution in [3.05, 3.63) is 70.1 Å². The van der Waals surface area contributed by atoms with Crippen molar-refractivity contribution in [2.75, 3.05) is 5.32 Å². The molecule has 0 radical (unpaired) electrons. The molecule has 0 atom stereocenters. The summed E-state index contributed by atoms with van der Waals surface area (Å²) in [6.45, 7) is 2.55. The van der Waals surface area contributed by atoms with Gasteiger partial charge in [-0.25, -0.2) is 14.1 Å². The molecule has 0 saturated carbocycles. The van der Waals surface area contributed by atoms with Crippen molar-refractivity contribution in [1.29, 1.82) is 0 Å². The van der Waals surface area contributed by atoms with Crippen LogP contribution in [0.5, 0.6) is 0 Å². The Kier molecular flexibility index (Phi) is 6.68. The van der Waals surface area contributed by atoms with Gasteiger partial charge in [-0.05, 0) is 53.9 Å². The van der Waals surface area contributed by atoms with E-state index in [0.29, 0.717) is 12.1 Å². The number of rotatable bonds is 6. The average molecular weight is 503 g/mol. The minimum Gasteiger partial charge on any atom is -0.321 e. The Balaban J connectivity index is 2.01. The first kappa shape index (κ1) is 25.8. The van der Waals surface area contributed by atoms with Gasteiger partial charge in [-0.2, -0.15) is 31.4 Å². The quantitative estimate of drug-likeness (QED) is 0.326. The molecule has 1 N–H and O–H groups in total. The number of carbonyl (C=O) groups excluding carboxylic acids is 1. The molecule has 1 heterocycles. The Labute approximate surface area is 192 Å². The molecule has 0 saturated heterocycles. The van der Waals surface area contributed by atoms with Gasteiger partial charge >= 0.3 is 18.0 Å². The summed E-state index contributed by atoms with van der Waals surface area (Å²) in [6, 6.07) is 4.59. The van der Waals surface area contributed by atoms with Crippen LogP contribution in [0.25, 0.3) is 5.69 Å². The van der Waals surface area contributed by atoms with Gasteiger partial charge in [0.1, 0.15) is 18.3 Å². The van der Waals surface area contributed by atoms with Crippen LogP contribution < -0.4 is 5.32 Å². The molecule has 7 nitrogen and oxygen atoms in total. The number of nitrogens with one attached hydrogen (secondary N) is 1. The van der Waals surface area contributed by atoms with Gasteiger partial charge in [0.25, 0.3) is 5.91 Å². The molecule has 0 fully saturated rings. The number of carbonyl (C=O) groups is 1. The van der Waals surface area contributed by atoms with Crippen LogP contribution in [0.3, 0.4) is 0 Å². The summed E-state index contributed by atoms with van der Waals surface area (Å²) in [4.78, 5) is 27.8. The molecule has 3 aromatic rings. The number of alkyl halides is 7. The molecule has 35 heavy (non-hydrogen) atoms. The van der Waals surface area contributed by atoms with E-state index in [0.717, 1.165) is 13.0 Å². The molecule has 0 aliphatic rings. The van der Waals surface area contributed by atoms with Crippen LogP contribution in [0.15, 0.2) is 48.2 Å². The van der Waals surface area contributed by atoms with E-state index in [4.69, 9.17) is 0 Å². The molecule has 2 aromatic carbocycles. The number of halogens is 7. The lowest BCUT2D eigenvalue weighted by Gasteiger charge is -2.31. The topological polar surface area (TPSA) is 89.2 Å². The van der Waals surface area contributed by atoms with Crippen LogP contribution >= 0.6 is 0 Å². The standard InChI is InChI=1S/C21H16F7N5O2/c1-3-12-7-14(19(22,20(23,24)25)21(26,27)28)6-11(2)17(12)31-18(34)13-4-5-16(15(8-13)32-35)33-10-29-9-30-33/h4-10H,3H2,1-2H3,(H,31,34).